The highest BCUT2D eigenvalue weighted by Gasteiger charge is 1.97. The van der Waals surface area contributed by atoms with Gasteiger partial charge in [-0.1, -0.05) is 6.08 Å². The topological polar surface area (TPSA) is 81.3 Å². The van der Waals surface area contributed by atoms with Gasteiger partial charge in [-0.2, -0.15) is 0 Å². The van der Waals surface area contributed by atoms with Crippen molar-refractivity contribution in [3.8, 4) is 0 Å². The molecule has 0 unspecified atom stereocenters. The summed E-state index contributed by atoms with van der Waals surface area (Å²) in [4.78, 5) is 0. The second kappa shape index (κ2) is 4.84. The van der Waals surface area contributed by atoms with E-state index in [4.69, 9.17) is 17.3 Å². The van der Waals surface area contributed by atoms with Crippen molar-refractivity contribution in [3.05, 3.63) is 24.6 Å². The van der Waals surface area contributed by atoms with Crippen molar-refractivity contribution in [3.63, 3.8) is 0 Å². The summed E-state index contributed by atoms with van der Waals surface area (Å²) >= 11 is 0. The van der Waals surface area contributed by atoms with Crippen LogP contribution in [0.15, 0.2) is 24.6 Å². The summed E-state index contributed by atoms with van der Waals surface area (Å²) in [6.07, 6.45) is 3.07. The van der Waals surface area contributed by atoms with E-state index in [9.17, 15) is 0 Å². The number of hydrazine groups is 1. The van der Waals surface area contributed by atoms with Gasteiger partial charge in [0, 0.05) is 12.7 Å². The van der Waals surface area contributed by atoms with Crippen LogP contribution in [-0.2, 0) is 0 Å². The lowest BCUT2D eigenvalue weighted by Crippen LogP contribution is -2.34. The molecule has 0 aliphatic carbocycles. The minimum Gasteiger partial charge on any atom is -0.403 e. The molecule has 0 bridgehead atoms. The Balaban J connectivity index is 3.89. The van der Waals surface area contributed by atoms with Crippen LogP contribution in [0.5, 0.6) is 0 Å². The van der Waals surface area contributed by atoms with Gasteiger partial charge < -0.3 is 16.5 Å². The molecule has 4 nitrogen and oxygen atoms in total. The van der Waals surface area contributed by atoms with Crippen molar-refractivity contribution in [1.82, 2.24) is 5.01 Å². The minimum absolute atomic E-state index is 0.348. The molecule has 0 spiro atoms. The number of nitrogens with two attached hydrogens (primary N) is 3. The average Bonchev–Trinajstić information content (AvgIpc) is 1.91. The fourth-order valence-electron chi connectivity index (χ4n) is 0.537. The number of hydrogen-bond donors (Lipinski definition) is 3. The van der Waals surface area contributed by atoms with E-state index in [0.29, 0.717) is 18.8 Å². The van der Waals surface area contributed by atoms with Crippen molar-refractivity contribution < 1.29 is 0 Å². The Bertz CT molecular complexity index is 130. The van der Waals surface area contributed by atoms with E-state index in [1.807, 2.05) is 0 Å². The number of rotatable bonds is 4. The van der Waals surface area contributed by atoms with Gasteiger partial charge in [-0.25, -0.2) is 5.84 Å². The van der Waals surface area contributed by atoms with Crippen LogP contribution in [0.2, 0.25) is 0 Å². The maximum absolute atomic E-state index is 5.48. The van der Waals surface area contributed by atoms with Crippen molar-refractivity contribution >= 4 is 0 Å². The fraction of sp³-hybridized carbons (Fsp3) is 0.333. The van der Waals surface area contributed by atoms with Crippen LogP contribution >= 0.6 is 0 Å². The van der Waals surface area contributed by atoms with Gasteiger partial charge in [0.2, 0.25) is 0 Å². The summed E-state index contributed by atoms with van der Waals surface area (Å²) in [6, 6.07) is 0. The summed E-state index contributed by atoms with van der Waals surface area (Å²) < 4.78 is 0. The van der Waals surface area contributed by atoms with E-state index in [0.717, 1.165) is 0 Å². The third-order valence-corrected chi connectivity index (χ3v) is 1.10. The Labute approximate surface area is 60.9 Å². The Kier molecular flexibility index (Phi) is 4.36. The molecular weight excluding hydrogens is 128 g/mol. The lowest BCUT2D eigenvalue weighted by atomic mass is 10.4. The normalized spacial score (nSPS) is 11.2. The predicted molar refractivity (Wildman–Crippen MR) is 42.4 cm³/mol. The summed E-state index contributed by atoms with van der Waals surface area (Å²) in [6.45, 7) is 4.42. The molecule has 0 amide bonds. The molecule has 0 saturated heterocycles. The molecule has 10 heavy (non-hydrogen) atoms. The zero-order valence-electron chi connectivity index (χ0n) is 5.96. The van der Waals surface area contributed by atoms with Gasteiger partial charge in [0.25, 0.3) is 0 Å². The molecular formula is C6H14N4. The van der Waals surface area contributed by atoms with Gasteiger partial charge in [-0.15, -0.1) is 6.58 Å². The highest BCUT2D eigenvalue weighted by molar-refractivity contribution is 4.99. The number of hydrogen-bond acceptors (Lipinski definition) is 4. The predicted octanol–water partition coefficient (Wildman–Crippen LogP) is -0.893. The minimum atomic E-state index is 0.348. The Hall–Kier alpha value is -1.00. The Morgan fingerprint density at radius 1 is 1.60 bits per heavy atom. The van der Waals surface area contributed by atoms with Crippen LogP contribution < -0.4 is 17.3 Å². The van der Waals surface area contributed by atoms with E-state index < -0.39 is 0 Å². The summed E-state index contributed by atoms with van der Waals surface area (Å²) in [5.74, 6) is 5.48. The highest BCUT2D eigenvalue weighted by atomic mass is 15.4. The molecule has 0 radical (unpaired) electrons. The van der Waals surface area contributed by atoms with E-state index in [1.54, 1.807) is 6.08 Å². The molecule has 0 aliphatic rings. The molecule has 0 saturated carbocycles. The van der Waals surface area contributed by atoms with Gasteiger partial charge in [-0.3, -0.25) is 0 Å². The van der Waals surface area contributed by atoms with Gasteiger partial charge >= 0.3 is 0 Å². The molecule has 0 rings (SSSR count). The molecule has 58 valence electrons. The van der Waals surface area contributed by atoms with Crippen LogP contribution in [0.25, 0.3) is 0 Å². The zero-order chi connectivity index (χ0) is 7.98. The van der Waals surface area contributed by atoms with Crippen molar-refractivity contribution in [1.29, 1.82) is 0 Å². The van der Waals surface area contributed by atoms with Gasteiger partial charge in [0.1, 0.15) is 0 Å². The van der Waals surface area contributed by atoms with E-state index in [-0.39, 0.29) is 0 Å². The van der Waals surface area contributed by atoms with Gasteiger partial charge in [0.05, 0.1) is 12.2 Å². The first-order valence-electron chi connectivity index (χ1n) is 3.00. The van der Waals surface area contributed by atoms with Crippen molar-refractivity contribution in [2.45, 2.75) is 0 Å². The van der Waals surface area contributed by atoms with E-state index in [1.165, 1.54) is 11.2 Å². The van der Waals surface area contributed by atoms with Crippen LogP contribution in [0.4, 0.5) is 0 Å². The van der Waals surface area contributed by atoms with Gasteiger partial charge in [0.15, 0.2) is 0 Å². The Morgan fingerprint density at radius 3 is 2.50 bits per heavy atom. The van der Waals surface area contributed by atoms with Crippen molar-refractivity contribution in [2.24, 2.45) is 17.3 Å². The maximum atomic E-state index is 5.48. The monoisotopic (exact) mass is 142 g/mol. The largest absolute Gasteiger partial charge is 0.403 e. The van der Waals surface area contributed by atoms with Crippen LogP contribution in [-0.4, -0.2) is 18.1 Å². The maximum Gasteiger partial charge on any atom is 0.0585 e. The van der Waals surface area contributed by atoms with Crippen molar-refractivity contribution in [2.75, 3.05) is 13.1 Å². The summed E-state index contributed by atoms with van der Waals surface area (Å²) in [5.41, 5.74) is 11.2. The van der Waals surface area contributed by atoms with Crippen LogP contribution in [0.1, 0.15) is 0 Å². The second-order valence-corrected chi connectivity index (χ2v) is 1.80. The smallest absolute Gasteiger partial charge is 0.0585 e. The molecule has 0 aromatic heterocycles. The molecule has 0 aliphatic heterocycles. The highest BCUT2D eigenvalue weighted by Crippen LogP contribution is 1.92. The standard InChI is InChI=1S/C6H14N4/c1-2-3-10(9)6(4-7)5-8/h2,4H,1,3,5,7-9H2/b6-4-. The van der Waals surface area contributed by atoms with E-state index >= 15 is 0 Å². The third-order valence-electron chi connectivity index (χ3n) is 1.10. The molecule has 4 heteroatoms. The zero-order valence-corrected chi connectivity index (χ0v) is 5.96. The lowest BCUT2D eigenvalue weighted by molar-refractivity contribution is 0.392. The first-order chi connectivity index (χ1) is 4.76. The lowest BCUT2D eigenvalue weighted by Gasteiger charge is -2.17. The summed E-state index contributed by atoms with van der Waals surface area (Å²) in [7, 11) is 0. The fourth-order valence-corrected chi connectivity index (χ4v) is 0.537. The van der Waals surface area contributed by atoms with Crippen LogP contribution in [0.3, 0.4) is 0 Å². The first kappa shape index (κ1) is 9.00. The molecule has 0 heterocycles. The van der Waals surface area contributed by atoms with E-state index in [2.05, 4.69) is 6.58 Å². The van der Waals surface area contributed by atoms with Gasteiger partial charge in [-0.05, 0) is 0 Å². The molecule has 0 fully saturated rings. The number of nitrogens with zero attached hydrogens (tertiary/aromatic N) is 1. The second-order valence-electron chi connectivity index (χ2n) is 1.80. The molecule has 0 aromatic rings. The summed E-state index contributed by atoms with van der Waals surface area (Å²) in [5, 5.41) is 1.45. The quantitative estimate of drug-likeness (QED) is 0.270. The SMILES string of the molecule is C=CCN(N)/C(=C\N)CN. The molecule has 0 atom stereocenters. The molecule has 6 N–H and O–H groups in total. The Morgan fingerprint density at radius 2 is 2.20 bits per heavy atom. The average molecular weight is 142 g/mol. The third kappa shape index (κ3) is 2.52. The molecule has 0 aromatic carbocycles. The first-order valence-corrected chi connectivity index (χ1v) is 3.00. The van der Waals surface area contributed by atoms with Crippen LogP contribution in [0, 0.1) is 0 Å².